The molecule has 0 saturated carbocycles. The Bertz CT molecular complexity index is 382. The van der Waals surface area contributed by atoms with Gasteiger partial charge < -0.3 is 4.74 Å². The van der Waals surface area contributed by atoms with Crippen molar-refractivity contribution >= 4 is 5.97 Å². The van der Waals surface area contributed by atoms with Gasteiger partial charge in [0, 0.05) is 18.4 Å². The van der Waals surface area contributed by atoms with E-state index in [4.69, 9.17) is 4.74 Å². The lowest BCUT2D eigenvalue weighted by atomic mass is 9.96. The predicted molar refractivity (Wildman–Crippen MR) is 67.0 cm³/mol. The molecule has 0 spiro atoms. The molecular formula is C12H22N4O2. The molecule has 0 aliphatic rings. The molecule has 1 rings (SSSR count). The number of ether oxygens (including phenoxy) is 1. The largest absolute Gasteiger partial charge is 0.466 e. The van der Waals surface area contributed by atoms with Gasteiger partial charge in [0.1, 0.15) is 0 Å². The van der Waals surface area contributed by atoms with E-state index in [1.165, 1.54) is 0 Å². The number of rotatable bonds is 6. The summed E-state index contributed by atoms with van der Waals surface area (Å²) in [5.41, 5.74) is -0.0648. The third-order valence-electron chi connectivity index (χ3n) is 2.51. The Morgan fingerprint density at radius 1 is 1.33 bits per heavy atom. The van der Waals surface area contributed by atoms with Gasteiger partial charge in [-0.3, -0.25) is 4.79 Å². The Balaban J connectivity index is 2.36. The Morgan fingerprint density at radius 2 is 2.06 bits per heavy atom. The van der Waals surface area contributed by atoms with Gasteiger partial charge in [0.15, 0.2) is 5.82 Å². The van der Waals surface area contributed by atoms with Crippen molar-refractivity contribution in [1.29, 1.82) is 0 Å². The number of unbranched alkanes of at least 4 members (excludes halogenated alkanes) is 1. The molecule has 0 aliphatic heterocycles. The van der Waals surface area contributed by atoms with Crippen molar-refractivity contribution in [2.24, 2.45) is 0 Å². The monoisotopic (exact) mass is 254 g/mol. The number of aromatic nitrogens is 4. The first-order chi connectivity index (χ1) is 8.45. The van der Waals surface area contributed by atoms with E-state index >= 15 is 0 Å². The minimum absolute atomic E-state index is 0.0648. The minimum Gasteiger partial charge on any atom is -0.466 e. The number of hydrogen-bond donors (Lipinski definition) is 0. The molecule has 0 unspecified atom stereocenters. The summed E-state index contributed by atoms with van der Waals surface area (Å²) < 4.78 is 6.68. The molecule has 6 nitrogen and oxygen atoms in total. The van der Waals surface area contributed by atoms with Crippen molar-refractivity contribution < 1.29 is 9.53 Å². The molecule has 6 heteroatoms. The standard InChI is InChI=1S/C12H22N4O2/c1-5-18-10(17)8-6-7-9-16-11(12(2,3)4)13-14-15-16/h5-9H2,1-4H3. The highest BCUT2D eigenvalue weighted by Crippen LogP contribution is 2.18. The summed E-state index contributed by atoms with van der Waals surface area (Å²) in [5, 5.41) is 11.7. The zero-order valence-electron chi connectivity index (χ0n) is 11.6. The van der Waals surface area contributed by atoms with Crippen molar-refractivity contribution in [3.63, 3.8) is 0 Å². The maximum absolute atomic E-state index is 11.2. The van der Waals surface area contributed by atoms with E-state index < -0.39 is 0 Å². The third kappa shape index (κ3) is 4.43. The molecular weight excluding hydrogens is 232 g/mol. The van der Waals surface area contributed by atoms with Gasteiger partial charge in [-0.2, -0.15) is 0 Å². The SMILES string of the molecule is CCOC(=O)CCCCn1nnnc1C(C)(C)C. The minimum atomic E-state index is -0.134. The molecule has 0 atom stereocenters. The van der Waals surface area contributed by atoms with Gasteiger partial charge in [0.25, 0.3) is 0 Å². The normalized spacial score (nSPS) is 11.6. The van der Waals surface area contributed by atoms with E-state index in [1.807, 2.05) is 11.6 Å². The average molecular weight is 254 g/mol. The Hall–Kier alpha value is -1.46. The summed E-state index contributed by atoms with van der Waals surface area (Å²) in [5.74, 6) is 0.740. The van der Waals surface area contributed by atoms with Crippen LogP contribution in [-0.2, 0) is 21.5 Å². The lowest BCUT2D eigenvalue weighted by molar-refractivity contribution is -0.143. The van der Waals surface area contributed by atoms with E-state index in [0.29, 0.717) is 13.0 Å². The van der Waals surface area contributed by atoms with Crippen LogP contribution in [0.2, 0.25) is 0 Å². The fourth-order valence-electron chi connectivity index (χ4n) is 1.66. The van der Waals surface area contributed by atoms with Crippen LogP contribution in [-0.4, -0.2) is 32.8 Å². The first-order valence-electron chi connectivity index (χ1n) is 6.37. The van der Waals surface area contributed by atoms with Gasteiger partial charge >= 0.3 is 5.97 Å². The van der Waals surface area contributed by atoms with E-state index in [-0.39, 0.29) is 11.4 Å². The van der Waals surface area contributed by atoms with Crippen LogP contribution in [0.4, 0.5) is 0 Å². The quantitative estimate of drug-likeness (QED) is 0.571. The second-order valence-electron chi connectivity index (χ2n) is 5.24. The van der Waals surface area contributed by atoms with Crippen molar-refractivity contribution in [2.75, 3.05) is 6.61 Å². The molecule has 0 N–H and O–H groups in total. The lowest BCUT2D eigenvalue weighted by Crippen LogP contribution is -2.20. The molecule has 0 aliphatic carbocycles. The maximum Gasteiger partial charge on any atom is 0.305 e. The number of carbonyl (C=O) groups is 1. The molecule has 0 saturated heterocycles. The summed E-state index contributed by atoms with van der Waals surface area (Å²) in [6.07, 6.45) is 2.12. The van der Waals surface area contributed by atoms with Gasteiger partial charge in [0.05, 0.1) is 6.61 Å². The first kappa shape index (κ1) is 14.6. The summed E-state index contributed by atoms with van der Waals surface area (Å²) in [7, 11) is 0. The highest BCUT2D eigenvalue weighted by Gasteiger charge is 2.21. The van der Waals surface area contributed by atoms with Gasteiger partial charge in [-0.25, -0.2) is 4.68 Å². The Labute approximate surface area is 108 Å². The van der Waals surface area contributed by atoms with Crippen LogP contribution >= 0.6 is 0 Å². The van der Waals surface area contributed by atoms with Gasteiger partial charge in [0.2, 0.25) is 0 Å². The molecule has 1 heterocycles. The van der Waals surface area contributed by atoms with Gasteiger partial charge in [-0.05, 0) is 30.2 Å². The first-order valence-corrected chi connectivity index (χ1v) is 6.37. The Kier molecular flexibility index (Phi) is 5.25. The fraction of sp³-hybridized carbons (Fsp3) is 0.833. The maximum atomic E-state index is 11.2. The van der Waals surface area contributed by atoms with Crippen molar-refractivity contribution in [3.8, 4) is 0 Å². The molecule has 0 amide bonds. The smallest absolute Gasteiger partial charge is 0.305 e. The van der Waals surface area contributed by atoms with Crippen LogP contribution < -0.4 is 0 Å². The van der Waals surface area contributed by atoms with E-state index in [9.17, 15) is 4.79 Å². The number of carbonyl (C=O) groups excluding carboxylic acids is 1. The number of aryl methyl sites for hydroxylation is 1. The second kappa shape index (κ2) is 6.47. The van der Waals surface area contributed by atoms with Crippen LogP contribution in [0.3, 0.4) is 0 Å². The van der Waals surface area contributed by atoms with Crippen LogP contribution in [0, 0.1) is 0 Å². The molecule has 1 aromatic rings. The average Bonchev–Trinajstić information content (AvgIpc) is 2.72. The zero-order valence-corrected chi connectivity index (χ0v) is 11.6. The molecule has 0 radical (unpaired) electrons. The lowest BCUT2D eigenvalue weighted by Gasteiger charge is -2.16. The van der Waals surface area contributed by atoms with Crippen molar-refractivity contribution in [2.45, 2.75) is 58.9 Å². The second-order valence-corrected chi connectivity index (χ2v) is 5.24. The topological polar surface area (TPSA) is 69.9 Å². The fourth-order valence-corrected chi connectivity index (χ4v) is 1.66. The van der Waals surface area contributed by atoms with Crippen LogP contribution in [0.25, 0.3) is 0 Å². The van der Waals surface area contributed by atoms with Crippen LogP contribution in [0.1, 0.15) is 52.8 Å². The van der Waals surface area contributed by atoms with Crippen LogP contribution in [0.5, 0.6) is 0 Å². The molecule has 0 aromatic carbocycles. The summed E-state index contributed by atoms with van der Waals surface area (Å²) in [4.78, 5) is 11.2. The highest BCUT2D eigenvalue weighted by atomic mass is 16.5. The molecule has 0 bridgehead atoms. The van der Waals surface area contributed by atoms with Crippen LogP contribution in [0.15, 0.2) is 0 Å². The van der Waals surface area contributed by atoms with Crippen molar-refractivity contribution in [3.05, 3.63) is 5.82 Å². The number of esters is 1. The molecule has 1 aromatic heterocycles. The Morgan fingerprint density at radius 3 is 2.67 bits per heavy atom. The summed E-state index contributed by atoms with van der Waals surface area (Å²) in [6, 6.07) is 0. The van der Waals surface area contributed by atoms with Gasteiger partial charge in [-0.15, -0.1) is 5.10 Å². The van der Waals surface area contributed by atoms with E-state index in [2.05, 4.69) is 36.3 Å². The van der Waals surface area contributed by atoms with Gasteiger partial charge in [-0.1, -0.05) is 20.8 Å². The zero-order chi connectivity index (χ0) is 13.6. The molecule has 0 fully saturated rings. The summed E-state index contributed by atoms with van der Waals surface area (Å²) in [6.45, 7) is 9.23. The molecule has 102 valence electrons. The van der Waals surface area contributed by atoms with E-state index in [0.717, 1.165) is 25.2 Å². The number of hydrogen-bond acceptors (Lipinski definition) is 5. The van der Waals surface area contributed by atoms with E-state index in [1.54, 1.807) is 0 Å². The van der Waals surface area contributed by atoms with Crippen molar-refractivity contribution in [1.82, 2.24) is 20.2 Å². The molecule has 18 heavy (non-hydrogen) atoms. The highest BCUT2D eigenvalue weighted by molar-refractivity contribution is 5.69. The third-order valence-corrected chi connectivity index (χ3v) is 2.51. The predicted octanol–water partition coefficient (Wildman–Crippen LogP) is 1.70. The number of tetrazole rings is 1. The summed E-state index contributed by atoms with van der Waals surface area (Å²) >= 11 is 0. The number of nitrogens with zero attached hydrogens (tertiary/aromatic N) is 4.